The Morgan fingerprint density at radius 1 is 1.14 bits per heavy atom. The number of rotatable bonds is 10. The maximum absolute atomic E-state index is 13.4. The van der Waals surface area contributed by atoms with E-state index in [2.05, 4.69) is 20.0 Å². The van der Waals surface area contributed by atoms with Crippen LogP contribution in [0.25, 0.3) is 15.1 Å². The van der Waals surface area contributed by atoms with Crippen molar-refractivity contribution in [3.63, 3.8) is 0 Å². The second-order valence-electron chi connectivity index (χ2n) is 8.90. The van der Waals surface area contributed by atoms with Gasteiger partial charge in [0, 0.05) is 6.07 Å². The van der Waals surface area contributed by atoms with Crippen LogP contribution in [-0.2, 0) is 19.6 Å². The predicted molar refractivity (Wildman–Crippen MR) is 139 cm³/mol. The number of carbonyl (C=O) groups is 2. The number of amides is 2. The van der Waals surface area contributed by atoms with E-state index >= 15 is 0 Å². The Morgan fingerprint density at radius 2 is 1.84 bits per heavy atom. The normalized spacial score (nSPS) is 14.6. The average molecular weight is 553 g/mol. The number of fused-ring (bicyclic) bond motifs is 1. The van der Waals surface area contributed by atoms with Gasteiger partial charge in [-0.15, -0.1) is 0 Å². The first kappa shape index (κ1) is 29.5. The molecule has 0 bridgehead atoms. The zero-order valence-electron chi connectivity index (χ0n) is 21.3. The molecule has 0 spiro atoms. The second-order valence-corrected chi connectivity index (χ2v) is 11.5. The van der Waals surface area contributed by atoms with Crippen molar-refractivity contribution >= 4 is 48.7 Å². The first-order valence-electron chi connectivity index (χ1n) is 12.0. The minimum absolute atomic E-state index is 0. The third-order valence-electron chi connectivity index (χ3n) is 6.30. The molecule has 0 aliphatic heterocycles. The number of hydrogen-bond donors (Lipinski definition) is 1. The van der Waals surface area contributed by atoms with Gasteiger partial charge in [0.2, 0.25) is 11.8 Å². The number of thiazole rings is 1. The Balaban J connectivity index is 0.00000380. The van der Waals surface area contributed by atoms with E-state index in [1.165, 1.54) is 23.5 Å². The van der Waals surface area contributed by atoms with Crippen LogP contribution >= 0.6 is 11.3 Å². The summed E-state index contributed by atoms with van der Waals surface area (Å²) in [6, 6.07) is 9.60. The number of pyridine rings is 1. The molecule has 0 saturated heterocycles. The zero-order chi connectivity index (χ0) is 25.7. The minimum atomic E-state index is -4.09. The van der Waals surface area contributed by atoms with E-state index in [1.54, 1.807) is 38.3 Å². The summed E-state index contributed by atoms with van der Waals surface area (Å²) in [7, 11) is -2.55. The van der Waals surface area contributed by atoms with Crippen molar-refractivity contribution in [1.82, 2.24) is 9.97 Å². The van der Waals surface area contributed by atoms with Crippen LogP contribution in [0.3, 0.4) is 0 Å². The van der Waals surface area contributed by atoms with Crippen molar-refractivity contribution in [1.29, 1.82) is 0 Å². The molecule has 1 atom stereocenters. The van der Waals surface area contributed by atoms with Crippen LogP contribution in [0.1, 0.15) is 63.4 Å². The quantitative estimate of drug-likeness (QED) is 0.382. The molecule has 1 aliphatic rings. The van der Waals surface area contributed by atoms with Crippen LogP contribution < -0.4 is 39.6 Å². The van der Waals surface area contributed by atoms with Gasteiger partial charge >= 0.3 is 29.6 Å². The van der Waals surface area contributed by atoms with Gasteiger partial charge in [0.05, 0.1) is 23.8 Å². The average Bonchev–Trinajstić information content (AvgIpc) is 3.51. The van der Waals surface area contributed by atoms with Crippen molar-refractivity contribution in [3.8, 4) is 5.88 Å². The predicted octanol–water partition coefficient (Wildman–Crippen LogP) is 2.40. The smallest absolute Gasteiger partial charge is 0.542 e. The van der Waals surface area contributed by atoms with Gasteiger partial charge in [0.1, 0.15) is 20.4 Å². The van der Waals surface area contributed by atoms with Crippen LogP contribution in [0.5, 0.6) is 5.88 Å². The number of nitrogens with zero attached hydrogens (tertiary/aromatic N) is 3. The van der Waals surface area contributed by atoms with Gasteiger partial charge in [-0.3, -0.25) is 4.79 Å². The van der Waals surface area contributed by atoms with Gasteiger partial charge < -0.3 is 19.6 Å². The van der Waals surface area contributed by atoms with Crippen LogP contribution in [0, 0.1) is 5.92 Å². The van der Waals surface area contributed by atoms with E-state index in [0.29, 0.717) is 45.7 Å². The summed E-state index contributed by atoms with van der Waals surface area (Å²) in [4.78, 5) is 34.6. The summed E-state index contributed by atoms with van der Waals surface area (Å²) in [5, 5.41) is 3.38. The number of hydrogen-bond acceptors (Lipinski definition) is 8. The molecular formula is C25H29N4NaO5S2. The van der Waals surface area contributed by atoms with Crippen LogP contribution in [0.15, 0.2) is 41.3 Å². The molecule has 0 radical (unpaired) electrons. The molecule has 1 fully saturated rings. The van der Waals surface area contributed by atoms with Crippen LogP contribution in [0.2, 0.25) is 0 Å². The van der Waals surface area contributed by atoms with E-state index < -0.39 is 21.8 Å². The third kappa shape index (κ3) is 7.51. The second kappa shape index (κ2) is 13.1. The van der Waals surface area contributed by atoms with Crippen molar-refractivity contribution in [2.75, 3.05) is 12.4 Å². The monoisotopic (exact) mass is 552 g/mol. The number of anilines is 1. The molecule has 9 nitrogen and oxygen atoms in total. The van der Waals surface area contributed by atoms with Crippen LogP contribution in [-0.4, -0.2) is 37.3 Å². The topological polar surface area (TPSA) is 129 Å². The van der Waals surface area contributed by atoms with E-state index in [9.17, 15) is 18.0 Å². The molecule has 1 saturated carbocycles. The van der Waals surface area contributed by atoms with Crippen molar-refractivity contribution in [2.45, 2.75) is 62.7 Å². The van der Waals surface area contributed by atoms with Crippen molar-refractivity contribution in [2.24, 2.45) is 5.92 Å². The van der Waals surface area contributed by atoms with E-state index in [-0.39, 0.29) is 46.8 Å². The molecule has 1 N–H and O–H groups in total. The Kier molecular flexibility index (Phi) is 10.5. The van der Waals surface area contributed by atoms with Crippen molar-refractivity contribution in [3.05, 3.63) is 46.7 Å². The maximum atomic E-state index is 13.4. The number of nitrogens with one attached hydrogen (secondary N) is 1. The van der Waals surface area contributed by atoms with Gasteiger partial charge in [-0.2, -0.15) is 0 Å². The fraction of sp³-hybridized carbons (Fsp3) is 0.440. The Labute approximate surface area is 243 Å². The van der Waals surface area contributed by atoms with E-state index in [0.717, 1.165) is 25.7 Å². The standard InChI is InChI=1S/C25H30N4O5S2.Na/c1-3-6-21(30)29-36(32,33)18-11-9-17(10-12-18)19(15-16-7-4-5-8-16)23(31)28-25-26-20-13-14-22(34-2)27-24(20)35-25;/h9-14,16,19H,3-8,15H2,1-2H3,(H2,26,28,29,30,31);/q;+1/p-1. The molecule has 192 valence electrons. The first-order chi connectivity index (χ1) is 17.3. The largest absolute Gasteiger partial charge is 1.00 e. The SMILES string of the molecule is CCCC(=O)[N-]S(=O)(=O)c1ccc(C(CC2CCCC2)C(=O)Nc2nc3ccc(OC)nc3s2)cc1.[Na+]. The molecule has 2 heterocycles. The summed E-state index contributed by atoms with van der Waals surface area (Å²) < 4.78 is 33.5. The van der Waals surface area contributed by atoms with Gasteiger partial charge in [-0.25, -0.2) is 18.4 Å². The molecule has 12 heteroatoms. The first-order valence-corrected chi connectivity index (χ1v) is 14.3. The van der Waals surface area contributed by atoms with E-state index in [4.69, 9.17) is 4.74 Å². The molecule has 2 amide bonds. The van der Waals surface area contributed by atoms with Crippen LogP contribution in [0.4, 0.5) is 5.13 Å². The van der Waals surface area contributed by atoms with Gasteiger partial charge in [-0.1, -0.05) is 62.5 Å². The Morgan fingerprint density at radius 3 is 2.49 bits per heavy atom. The fourth-order valence-corrected chi connectivity index (χ4v) is 6.23. The number of ether oxygens (including phenoxy) is 1. The molecule has 3 aromatic rings. The molecule has 1 unspecified atom stereocenters. The van der Waals surface area contributed by atoms with Crippen molar-refractivity contribution < 1.29 is 52.3 Å². The third-order valence-corrected chi connectivity index (χ3v) is 8.49. The van der Waals surface area contributed by atoms with E-state index in [1.807, 2.05) is 0 Å². The summed E-state index contributed by atoms with van der Waals surface area (Å²) in [5.41, 5.74) is 1.37. The molecular weight excluding hydrogens is 523 g/mol. The number of sulfonamides is 1. The number of aromatic nitrogens is 2. The summed E-state index contributed by atoms with van der Waals surface area (Å²) in [6.45, 7) is 1.78. The Hall–Kier alpha value is -2.05. The maximum Gasteiger partial charge on any atom is 1.00 e. The Bertz CT molecular complexity index is 1340. The van der Waals surface area contributed by atoms with Gasteiger partial charge in [0.25, 0.3) is 0 Å². The number of carbonyl (C=O) groups excluding carboxylic acids is 2. The van der Waals surface area contributed by atoms with Gasteiger partial charge in [0.15, 0.2) is 5.13 Å². The zero-order valence-corrected chi connectivity index (χ0v) is 24.9. The summed E-state index contributed by atoms with van der Waals surface area (Å²) >= 11 is 1.27. The number of benzene rings is 1. The number of methoxy groups -OCH3 is 1. The molecule has 1 aromatic carbocycles. The molecule has 37 heavy (non-hydrogen) atoms. The molecule has 2 aromatic heterocycles. The van der Waals surface area contributed by atoms with Gasteiger partial charge in [-0.05, 0) is 42.5 Å². The minimum Gasteiger partial charge on any atom is -0.542 e. The molecule has 4 rings (SSSR count). The molecule has 1 aliphatic carbocycles. The summed E-state index contributed by atoms with van der Waals surface area (Å²) in [5.74, 6) is -0.444. The summed E-state index contributed by atoms with van der Waals surface area (Å²) in [6.07, 6.45) is 5.69. The fourth-order valence-electron chi connectivity index (χ4n) is 4.45.